The maximum absolute atomic E-state index is 11.6. The number of halogens is 1. The predicted octanol–water partition coefficient (Wildman–Crippen LogP) is 1.82. The Labute approximate surface area is 114 Å². The van der Waals surface area contributed by atoms with Gasteiger partial charge in [0.1, 0.15) is 0 Å². The summed E-state index contributed by atoms with van der Waals surface area (Å²) in [5.74, 6) is 0.531. The molecule has 1 aromatic carbocycles. The van der Waals surface area contributed by atoms with Crippen LogP contribution < -0.4 is 10.6 Å². The molecule has 3 nitrogen and oxygen atoms in total. The average Bonchev–Trinajstić information content (AvgIpc) is 3.20. The fourth-order valence-electron chi connectivity index (χ4n) is 2.47. The normalized spacial score (nSPS) is 21.7. The summed E-state index contributed by atoms with van der Waals surface area (Å²) in [6.07, 6.45) is 3.23. The third-order valence-corrected chi connectivity index (χ3v) is 3.64. The van der Waals surface area contributed by atoms with Crippen molar-refractivity contribution in [3.63, 3.8) is 0 Å². The SMILES string of the molecule is Cl.O=C(NCC1NCCc2ccccc21)C1CC1. The molecule has 1 aromatic rings. The molecule has 0 bridgehead atoms. The van der Waals surface area contributed by atoms with Gasteiger partial charge in [-0.1, -0.05) is 24.3 Å². The molecular formula is C14H19ClN2O. The second-order valence-electron chi connectivity index (χ2n) is 4.97. The highest BCUT2D eigenvalue weighted by Crippen LogP contribution is 2.29. The molecule has 1 aliphatic carbocycles. The van der Waals surface area contributed by atoms with Crippen LogP contribution in [0, 0.1) is 5.92 Å². The maximum Gasteiger partial charge on any atom is 0.223 e. The quantitative estimate of drug-likeness (QED) is 0.876. The summed E-state index contributed by atoms with van der Waals surface area (Å²) in [6.45, 7) is 1.72. The van der Waals surface area contributed by atoms with E-state index in [0.29, 0.717) is 12.5 Å². The molecule has 2 aliphatic rings. The van der Waals surface area contributed by atoms with Gasteiger partial charge in [0.05, 0.1) is 0 Å². The van der Waals surface area contributed by atoms with Crippen molar-refractivity contribution in [1.29, 1.82) is 0 Å². The minimum Gasteiger partial charge on any atom is -0.354 e. The standard InChI is InChI=1S/C14H18N2O.ClH/c17-14(11-5-6-11)16-9-13-12-4-2-1-3-10(12)7-8-15-13;/h1-4,11,13,15H,5-9H2,(H,16,17);1H. The van der Waals surface area contributed by atoms with Crippen molar-refractivity contribution in [2.24, 2.45) is 5.92 Å². The smallest absolute Gasteiger partial charge is 0.223 e. The monoisotopic (exact) mass is 266 g/mol. The fourth-order valence-corrected chi connectivity index (χ4v) is 2.47. The average molecular weight is 267 g/mol. The molecule has 1 aliphatic heterocycles. The Morgan fingerprint density at radius 1 is 1.33 bits per heavy atom. The number of nitrogens with one attached hydrogen (secondary N) is 2. The van der Waals surface area contributed by atoms with Crippen LogP contribution in [0.2, 0.25) is 0 Å². The Bertz CT molecular complexity index is 432. The van der Waals surface area contributed by atoms with Crippen LogP contribution in [0.25, 0.3) is 0 Å². The molecule has 0 spiro atoms. The van der Waals surface area contributed by atoms with E-state index in [0.717, 1.165) is 25.8 Å². The molecule has 0 saturated heterocycles. The Morgan fingerprint density at radius 2 is 2.11 bits per heavy atom. The van der Waals surface area contributed by atoms with Gasteiger partial charge in [-0.15, -0.1) is 12.4 Å². The largest absolute Gasteiger partial charge is 0.354 e. The number of carbonyl (C=O) groups excluding carboxylic acids is 1. The van der Waals surface area contributed by atoms with Gasteiger partial charge in [-0.3, -0.25) is 4.79 Å². The molecule has 4 heteroatoms. The molecule has 0 aromatic heterocycles. The van der Waals surface area contributed by atoms with Crippen molar-refractivity contribution in [3.8, 4) is 0 Å². The predicted molar refractivity (Wildman–Crippen MR) is 73.9 cm³/mol. The summed E-state index contributed by atoms with van der Waals surface area (Å²) in [5, 5.41) is 6.53. The molecule has 1 atom stereocenters. The number of hydrogen-bond acceptors (Lipinski definition) is 2. The van der Waals surface area contributed by atoms with Gasteiger partial charge in [0.15, 0.2) is 0 Å². The lowest BCUT2D eigenvalue weighted by Gasteiger charge is -2.27. The van der Waals surface area contributed by atoms with Gasteiger partial charge in [-0.2, -0.15) is 0 Å². The lowest BCUT2D eigenvalue weighted by molar-refractivity contribution is -0.122. The van der Waals surface area contributed by atoms with Crippen molar-refractivity contribution in [1.82, 2.24) is 10.6 Å². The van der Waals surface area contributed by atoms with Crippen LogP contribution in [0.4, 0.5) is 0 Å². The van der Waals surface area contributed by atoms with Crippen LogP contribution in [0.15, 0.2) is 24.3 Å². The van der Waals surface area contributed by atoms with Crippen molar-refractivity contribution < 1.29 is 4.79 Å². The van der Waals surface area contributed by atoms with Gasteiger partial charge in [0.2, 0.25) is 5.91 Å². The van der Waals surface area contributed by atoms with Crippen molar-refractivity contribution in [2.45, 2.75) is 25.3 Å². The van der Waals surface area contributed by atoms with E-state index in [-0.39, 0.29) is 24.4 Å². The van der Waals surface area contributed by atoms with Crippen molar-refractivity contribution >= 4 is 18.3 Å². The minimum absolute atomic E-state index is 0. The molecule has 1 heterocycles. The molecule has 2 N–H and O–H groups in total. The molecule has 1 amide bonds. The summed E-state index contributed by atoms with van der Waals surface area (Å²) in [4.78, 5) is 11.6. The van der Waals surface area contributed by atoms with Crippen molar-refractivity contribution in [3.05, 3.63) is 35.4 Å². The summed E-state index contributed by atoms with van der Waals surface area (Å²) in [7, 11) is 0. The Balaban J connectivity index is 0.00000120. The first-order chi connectivity index (χ1) is 8.34. The molecule has 0 radical (unpaired) electrons. The summed E-state index contributed by atoms with van der Waals surface area (Å²) < 4.78 is 0. The van der Waals surface area contributed by atoms with Crippen molar-refractivity contribution in [2.75, 3.05) is 13.1 Å². The van der Waals surface area contributed by atoms with Crippen LogP contribution >= 0.6 is 12.4 Å². The van der Waals surface area contributed by atoms with Crippen LogP contribution in [-0.4, -0.2) is 19.0 Å². The zero-order valence-electron chi connectivity index (χ0n) is 10.3. The second-order valence-corrected chi connectivity index (χ2v) is 4.97. The summed E-state index contributed by atoms with van der Waals surface area (Å²) >= 11 is 0. The van der Waals surface area contributed by atoms with E-state index in [1.165, 1.54) is 11.1 Å². The third-order valence-electron chi connectivity index (χ3n) is 3.64. The number of amides is 1. The van der Waals surface area contributed by atoms with Crippen LogP contribution in [0.3, 0.4) is 0 Å². The first kappa shape index (κ1) is 13.4. The number of carbonyl (C=O) groups is 1. The molecule has 18 heavy (non-hydrogen) atoms. The van der Waals surface area contributed by atoms with E-state index in [2.05, 4.69) is 34.9 Å². The number of rotatable bonds is 3. The molecule has 1 fully saturated rings. The van der Waals surface area contributed by atoms with Crippen LogP contribution in [-0.2, 0) is 11.2 Å². The highest BCUT2D eigenvalue weighted by atomic mass is 35.5. The summed E-state index contributed by atoms with van der Waals surface area (Å²) in [5.41, 5.74) is 2.76. The van der Waals surface area contributed by atoms with E-state index in [4.69, 9.17) is 0 Å². The fraction of sp³-hybridized carbons (Fsp3) is 0.500. The van der Waals surface area contributed by atoms with Gasteiger partial charge >= 0.3 is 0 Å². The zero-order chi connectivity index (χ0) is 11.7. The van der Waals surface area contributed by atoms with Gasteiger partial charge in [-0.25, -0.2) is 0 Å². The van der Waals surface area contributed by atoms with Gasteiger partial charge in [0, 0.05) is 18.5 Å². The number of fused-ring (bicyclic) bond motifs is 1. The zero-order valence-corrected chi connectivity index (χ0v) is 11.1. The Morgan fingerprint density at radius 3 is 2.89 bits per heavy atom. The van der Waals surface area contributed by atoms with E-state index < -0.39 is 0 Å². The minimum atomic E-state index is 0. The van der Waals surface area contributed by atoms with Gasteiger partial charge in [0.25, 0.3) is 0 Å². The molecule has 3 rings (SSSR count). The first-order valence-corrected chi connectivity index (χ1v) is 6.43. The number of benzene rings is 1. The summed E-state index contributed by atoms with van der Waals surface area (Å²) in [6, 6.07) is 8.79. The Hall–Kier alpha value is -1.06. The van der Waals surface area contributed by atoms with Gasteiger partial charge < -0.3 is 10.6 Å². The van der Waals surface area contributed by atoms with Gasteiger partial charge in [-0.05, 0) is 36.9 Å². The van der Waals surface area contributed by atoms with E-state index in [9.17, 15) is 4.79 Å². The highest BCUT2D eigenvalue weighted by Gasteiger charge is 2.30. The lowest BCUT2D eigenvalue weighted by Crippen LogP contribution is -2.39. The highest BCUT2D eigenvalue weighted by molar-refractivity contribution is 5.85. The van der Waals surface area contributed by atoms with Crippen LogP contribution in [0.1, 0.15) is 30.0 Å². The molecule has 98 valence electrons. The molecular weight excluding hydrogens is 248 g/mol. The van der Waals surface area contributed by atoms with E-state index in [1.54, 1.807) is 0 Å². The first-order valence-electron chi connectivity index (χ1n) is 6.43. The molecule has 1 unspecified atom stereocenters. The topological polar surface area (TPSA) is 41.1 Å². The second kappa shape index (κ2) is 5.72. The van der Waals surface area contributed by atoms with Crippen LogP contribution in [0.5, 0.6) is 0 Å². The maximum atomic E-state index is 11.6. The Kier molecular flexibility index (Phi) is 4.25. The van der Waals surface area contributed by atoms with E-state index >= 15 is 0 Å². The lowest BCUT2D eigenvalue weighted by atomic mass is 9.94. The van der Waals surface area contributed by atoms with E-state index in [1.807, 2.05) is 0 Å². The molecule has 1 saturated carbocycles. The number of hydrogen-bond donors (Lipinski definition) is 2. The third kappa shape index (κ3) is 2.85.